The van der Waals surface area contributed by atoms with Crippen molar-refractivity contribution in [2.45, 2.75) is 20.4 Å². The van der Waals surface area contributed by atoms with E-state index in [4.69, 9.17) is 0 Å². The Balaban J connectivity index is 2.34. The number of nitrogens with zero attached hydrogens (tertiary/aromatic N) is 2. The molecule has 0 aliphatic rings. The lowest BCUT2D eigenvalue weighted by atomic mass is 10.1. The second-order valence-corrected chi connectivity index (χ2v) is 5.41. The third-order valence-corrected chi connectivity index (χ3v) is 3.04. The van der Waals surface area contributed by atoms with E-state index in [-0.39, 0.29) is 5.56 Å². The van der Waals surface area contributed by atoms with Crippen LogP contribution in [0, 0.1) is 17.4 Å². The smallest absolute Gasteiger partial charge is 0.268 e. The summed E-state index contributed by atoms with van der Waals surface area (Å²) in [5, 5.41) is 4.13. The number of benzene rings is 1. The lowest BCUT2D eigenvalue weighted by molar-refractivity contribution is 0.636. The molecule has 0 atom stereocenters. The number of halogens is 1. The number of hydrogen-bond acceptors (Lipinski definition) is 2. The van der Waals surface area contributed by atoms with Crippen LogP contribution < -0.4 is 5.56 Å². The van der Waals surface area contributed by atoms with Crippen LogP contribution in [0.3, 0.4) is 0 Å². The molecule has 1 aromatic heterocycles. The fourth-order valence-electron chi connectivity index (χ4n) is 1.86. The molecule has 2 rings (SSSR count). The van der Waals surface area contributed by atoms with Gasteiger partial charge in [0.05, 0.1) is 12.7 Å². The monoisotopic (exact) mass is 340 g/mol. The van der Waals surface area contributed by atoms with Gasteiger partial charge in [0, 0.05) is 9.64 Å². The standard InChI is InChI=1S/C13H13IN2O/c1-9-3-10(2)5-11(4-9)8-16-13(17)6-12(14)7-15-16/h3-7H,8H2,1-2H3. The van der Waals surface area contributed by atoms with Gasteiger partial charge in [0.2, 0.25) is 0 Å². The van der Waals surface area contributed by atoms with E-state index in [1.165, 1.54) is 15.8 Å². The minimum absolute atomic E-state index is 0.0592. The summed E-state index contributed by atoms with van der Waals surface area (Å²) >= 11 is 2.09. The topological polar surface area (TPSA) is 34.9 Å². The summed E-state index contributed by atoms with van der Waals surface area (Å²) < 4.78 is 2.35. The molecular weight excluding hydrogens is 327 g/mol. The Kier molecular flexibility index (Phi) is 3.61. The van der Waals surface area contributed by atoms with Crippen LogP contribution in [0.15, 0.2) is 35.3 Å². The molecule has 17 heavy (non-hydrogen) atoms. The number of aromatic nitrogens is 2. The van der Waals surface area contributed by atoms with Gasteiger partial charge in [-0.15, -0.1) is 0 Å². The van der Waals surface area contributed by atoms with E-state index in [9.17, 15) is 4.79 Å². The molecule has 88 valence electrons. The zero-order valence-electron chi connectivity index (χ0n) is 9.77. The zero-order valence-corrected chi connectivity index (χ0v) is 11.9. The minimum atomic E-state index is -0.0592. The molecule has 0 fully saturated rings. The Bertz CT molecular complexity index is 584. The van der Waals surface area contributed by atoms with Crippen LogP contribution in [0.4, 0.5) is 0 Å². The van der Waals surface area contributed by atoms with Gasteiger partial charge in [-0.05, 0) is 42.0 Å². The number of hydrogen-bond donors (Lipinski definition) is 0. The summed E-state index contributed by atoms with van der Waals surface area (Å²) in [6.07, 6.45) is 1.70. The van der Waals surface area contributed by atoms with Gasteiger partial charge in [0.25, 0.3) is 5.56 Å². The van der Waals surface area contributed by atoms with Crippen LogP contribution in [0.5, 0.6) is 0 Å². The molecule has 0 spiro atoms. The summed E-state index contributed by atoms with van der Waals surface area (Å²) in [5.74, 6) is 0. The van der Waals surface area contributed by atoms with E-state index < -0.39 is 0 Å². The lowest BCUT2D eigenvalue weighted by Crippen LogP contribution is -2.22. The lowest BCUT2D eigenvalue weighted by Gasteiger charge is -2.06. The summed E-state index contributed by atoms with van der Waals surface area (Å²) in [5.41, 5.74) is 3.46. The molecule has 0 N–H and O–H groups in total. The fourth-order valence-corrected chi connectivity index (χ4v) is 2.25. The first-order valence-electron chi connectivity index (χ1n) is 5.34. The maximum atomic E-state index is 11.7. The van der Waals surface area contributed by atoms with Gasteiger partial charge < -0.3 is 0 Å². The molecule has 1 heterocycles. The van der Waals surface area contributed by atoms with Gasteiger partial charge in [0.15, 0.2) is 0 Å². The van der Waals surface area contributed by atoms with Gasteiger partial charge in [-0.1, -0.05) is 29.3 Å². The Labute approximate surface area is 114 Å². The van der Waals surface area contributed by atoms with E-state index >= 15 is 0 Å². The minimum Gasteiger partial charge on any atom is -0.268 e. The largest absolute Gasteiger partial charge is 0.268 e. The molecule has 0 amide bonds. The van der Waals surface area contributed by atoms with Crippen molar-refractivity contribution < 1.29 is 0 Å². The van der Waals surface area contributed by atoms with Crippen molar-refractivity contribution in [2.75, 3.05) is 0 Å². The van der Waals surface area contributed by atoms with E-state index in [1.807, 2.05) is 0 Å². The first-order chi connectivity index (χ1) is 8.04. The molecule has 4 heteroatoms. The summed E-state index contributed by atoms with van der Waals surface area (Å²) in [6, 6.07) is 7.88. The highest BCUT2D eigenvalue weighted by atomic mass is 127. The van der Waals surface area contributed by atoms with E-state index in [0.717, 1.165) is 9.13 Å². The molecule has 1 aromatic carbocycles. The van der Waals surface area contributed by atoms with Crippen molar-refractivity contribution in [1.82, 2.24) is 9.78 Å². The fraction of sp³-hybridized carbons (Fsp3) is 0.231. The van der Waals surface area contributed by atoms with Crippen LogP contribution >= 0.6 is 22.6 Å². The average Bonchev–Trinajstić information content (AvgIpc) is 2.21. The highest BCUT2D eigenvalue weighted by molar-refractivity contribution is 14.1. The van der Waals surface area contributed by atoms with Crippen LogP contribution in [0.2, 0.25) is 0 Å². The van der Waals surface area contributed by atoms with E-state index in [2.05, 4.69) is 59.7 Å². The second-order valence-electron chi connectivity index (χ2n) is 4.17. The van der Waals surface area contributed by atoms with Crippen LogP contribution in [-0.4, -0.2) is 9.78 Å². The summed E-state index contributed by atoms with van der Waals surface area (Å²) in [7, 11) is 0. The Morgan fingerprint density at radius 2 is 1.82 bits per heavy atom. The van der Waals surface area contributed by atoms with E-state index in [1.54, 1.807) is 12.3 Å². The number of rotatable bonds is 2. The first-order valence-corrected chi connectivity index (χ1v) is 6.42. The van der Waals surface area contributed by atoms with Gasteiger partial charge in [0.1, 0.15) is 0 Å². The molecule has 0 aliphatic carbocycles. The average molecular weight is 340 g/mol. The van der Waals surface area contributed by atoms with Crippen molar-refractivity contribution in [3.05, 3.63) is 61.1 Å². The van der Waals surface area contributed by atoms with Crippen molar-refractivity contribution in [2.24, 2.45) is 0 Å². The van der Waals surface area contributed by atoms with Crippen LogP contribution in [0.1, 0.15) is 16.7 Å². The quantitative estimate of drug-likeness (QED) is 0.788. The van der Waals surface area contributed by atoms with Crippen LogP contribution in [0.25, 0.3) is 0 Å². The molecule has 0 aliphatic heterocycles. The van der Waals surface area contributed by atoms with Gasteiger partial charge in [-0.3, -0.25) is 4.79 Å². The molecule has 0 saturated carbocycles. The van der Waals surface area contributed by atoms with Crippen molar-refractivity contribution in [3.63, 3.8) is 0 Å². The predicted octanol–water partition coefficient (Wildman–Crippen LogP) is 2.51. The maximum absolute atomic E-state index is 11.7. The molecular formula is C13H13IN2O. The molecule has 0 saturated heterocycles. The molecule has 0 radical (unpaired) electrons. The van der Waals surface area contributed by atoms with Gasteiger partial charge in [-0.25, -0.2) is 4.68 Å². The van der Waals surface area contributed by atoms with E-state index in [0.29, 0.717) is 6.54 Å². The van der Waals surface area contributed by atoms with Gasteiger partial charge >= 0.3 is 0 Å². The van der Waals surface area contributed by atoms with Crippen molar-refractivity contribution in [1.29, 1.82) is 0 Å². The predicted molar refractivity (Wildman–Crippen MR) is 76.2 cm³/mol. The highest BCUT2D eigenvalue weighted by Gasteiger charge is 2.01. The number of aryl methyl sites for hydroxylation is 2. The van der Waals surface area contributed by atoms with Crippen LogP contribution in [-0.2, 0) is 6.54 Å². The normalized spacial score (nSPS) is 10.5. The van der Waals surface area contributed by atoms with Crippen molar-refractivity contribution in [3.8, 4) is 0 Å². The Morgan fingerprint density at radius 1 is 1.18 bits per heavy atom. The van der Waals surface area contributed by atoms with Gasteiger partial charge in [-0.2, -0.15) is 5.10 Å². The second kappa shape index (κ2) is 5.00. The third kappa shape index (κ3) is 3.15. The molecule has 0 bridgehead atoms. The summed E-state index contributed by atoms with van der Waals surface area (Å²) in [6.45, 7) is 4.64. The van der Waals surface area contributed by atoms with Crippen molar-refractivity contribution >= 4 is 22.6 Å². The first kappa shape index (κ1) is 12.3. The third-order valence-electron chi connectivity index (χ3n) is 2.45. The SMILES string of the molecule is Cc1cc(C)cc(Cn2ncc(I)cc2=O)c1. The summed E-state index contributed by atoms with van der Waals surface area (Å²) in [4.78, 5) is 11.7. The maximum Gasteiger partial charge on any atom is 0.268 e. The Hall–Kier alpha value is -1.17. The molecule has 0 unspecified atom stereocenters. The molecule has 2 aromatic rings. The zero-order chi connectivity index (χ0) is 12.4. The molecule has 3 nitrogen and oxygen atoms in total. The highest BCUT2D eigenvalue weighted by Crippen LogP contribution is 2.09. The Morgan fingerprint density at radius 3 is 2.41 bits per heavy atom.